The largest absolute Gasteiger partial charge is 0.286 e. The number of hydrazine groups is 1. The highest BCUT2D eigenvalue weighted by Gasteiger charge is 2.12. The second kappa shape index (κ2) is 4.62. The molecule has 0 aromatic carbocycles. The van der Waals surface area contributed by atoms with Gasteiger partial charge < -0.3 is 0 Å². The average molecular weight is 296 g/mol. The molecule has 5 nitrogen and oxygen atoms in total. The van der Waals surface area contributed by atoms with E-state index in [2.05, 4.69) is 36.4 Å². The van der Waals surface area contributed by atoms with Gasteiger partial charge in [0.2, 0.25) is 0 Å². The molecule has 0 atom stereocenters. The van der Waals surface area contributed by atoms with Crippen LogP contribution in [-0.2, 0) is 0 Å². The summed E-state index contributed by atoms with van der Waals surface area (Å²) in [5.41, 5.74) is 4.11. The number of hydrogen-bond donors (Lipinski definition) is 1. The van der Waals surface area contributed by atoms with Crippen molar-refractivity contribution in [1.82, 2.24) is 19.6 Å². The monoisotopic (exact) mass is 295 g/mol. The van der Waals surface area contributed by atoms with E-state index in [1.807, 2.05) is 18.3 Å². The summed E-state index contributed by atoms with van der Waals surface area (Å²) in [5, 5.41) is 6.58. The number of pyridine rings is 1. The van der Waals surface area contributed by atoms with Crippen LogP contribution in [0, 0.1) is 0 Å². The maximum atomic E-state index is 4.46. The third-order valence-electron chi connectivity index (χ3n) is 2.93. The van der Waals surface area contributed by atoms with E-state index in [-0.39, 0.29) is 0 Å². The molecule has 2 aromatic rings. The van der Waals surface area contributed by atoms with E-state index in [0.29, 0.717) is 5.95 Å². The van der Waals surface area contributed by atoms with Crippen LogP contribution in [0.2, 0.25) is 0 Å². The molecule has 1 aliphatic heterocycles. The predicted molar refractivity (Wildman–Crippen MR) is 69.7 cm³/mol. The molecule has 3 rings (SSSR count). The molecule has 1 saturated heterocycles. The van der Waals surface area contributed by atoms with Crippen molar-refractivity contribution in [3.05, 3.63) is 22.8 Å². The first kappa shape index (κ1) is 11.0. The lowest BCUT2D eigenvalue weighted by molar-refractivity contribution is 0.271. The molecule has 90 valence electrons. The van der Waals surface area contributed by atoms with Crippen molar-refractivity contribution in [2.24, 2.45) is 0 Å². The minimum Gasteiger partial charge on any atom is -0.286 e. The molecule has 0 amide bonds. The number of halogens is 1. The van der Waals surface area contributed by atoms with Gasteiger partial charge in [-0.2, -0.15) is 4.98 Å². The highest BCUT2D eigenvalue weighted by molar-refractivity contribution is 9.10. The van der Waals surface area contributed by atoms with E-state index in [1.165, 1.54) is 19.3 Å². The second-order valence-corrected chi connectivity index (χ2v) is 5.07. The van der Waals surface area contributed by atoms with E-state index in [0.717, 1.165) is 23.2 Å². The maximum absolute atomic E-state index is 4.46. The zero-order valence-electron chi connectivity index (χ0n) is 9.43. The van der Waals surface area contributed by atoms with Gasteiger partial charge in [0.1, 0.15) is 0 Å². The molecule has 3 heterocycles. The van der Waals surface area contributed by atoms with Crippen molar-refractivity contribution in [2.45, 2.75) is 19.3 Å². The lowest BCUT2D eigenvalue weighted by Gasteiger charge is -2.25. The Kier molecular flexibility index (Phi) is 2.98. The number of nitrogens with one attached hydrogen (secondary N) is 1. The molecule has 1 aliphatic rings. The van der Waals surface area contributed by atoms with Gasteiger partial charge in [-0.15, -0.1) is 5.10 Å². The first-order valence-corrected chi connectivity index (χ1v) is 6.65. The predicted octanol–water partition coefficient (Wildman–Crippen LogP) is 2.30. The molecule has 6 heteroatoms. The third kappa shape index (κ3) is 2.28. The molecule has 17 heavy (non-hydrogen) atoms. The average Bonchev–Trinajstić information content (AvgIpc) is 2.74. The van der Waals surface area contributed by atoms with Crippen LogP contribution in [0.1, 0.15) is 19.3 Å². The van der Waals surface area contributed by atoms with Crippen LogP contribution in [0.25, 0.3) is 5.65 Å². The minimum absolute atomic E-state index is 0.666. The van der Waals surface area contributed by atoms with E-state index in [4.69, 9.17) is 0 Å². The highest BCUT2D eigenvalue weighted by atomic mass is 79.9. The Labute approximate surface area is 108 Å². The van der Waals surface area contributed by atoms with Crippen LogP contribution in [0.15, 0.2) is 22.8 Å². The Morgan fingerprint density at radius 2 is 2.06 bits per heavy atom. The van der Waals surface area contributed by atoms with Gasteiger partial charge in [0.05, 0.1) is 4.47 Å². The molecule has 0 spiro atoms. The van der Waals surface area contributed by atoms with Crippen LogP contribution < -0.4 is 5.43 Å². The lowest BCUT2D eigenvalue weighted by atomic mass is 10.2. The Morgan fingerprint density at radius 1 is 1.24 bits per heavy atom. The Balaban J connectivity index is 1.83. The highest BCUT2D eigenvalue weighted by Crippen LogP contribution is 2.17. The molecule has 0 bridgehead atoms. The number of anilines is 1. The number of nitrogens with zero attached hydrogens (tertiary/aromatic N) is 4. The van der Waals surface area contributed by atoms with Crippen molar-refractivity contribution in [2.75, 3.05) is 18.5 Å². The fourth-order valence-corrected chi connectivity index (χ4v) is 2.49. The minimum atomic E-state index is 0.666. The van der Waals surface area contributed by atoms with Gasteiger partial charge in [-0.25, -0.2) is 9.52 Å². The molecule has 0 unspecified atom stereocenters. The smallest absolute Gasteiger partial charge is 0.257 e. The summed E-state index contributed by atoms with van der Waals surface area (Å²) >= 11 is 3.47. The second-order valence-electron chi connectivity index (χ2n) is 4.22. The summed E-state index contributed by atoms with van der Waals surface area (Å²) in [6.45, 7) is 2.13. The molecule has 0 radical (unpaired) electrons. The first-order valence-electron chi connectivity index (χ1n) is 5.85. The van der Waals surface area contributed by atoms with Gasteiger partial charge in [0, 0.05) is 19.3 Å². The van der Waals surface area contributed by atoms with Crippen molar-refractivity contribution < 1.29 is 0 Å². The fraction of sp³-hybridized carbons (Fsp3) is 0.455. The molecule has 0 aliphatic carbocycles. The zero-order chi connectivity index (χ0) is 11.7. The quantitative estimate of drug-likeness (QED) is 0.923. The van der Waals surface area contributed by atoms with Crippen molar-refractivity contribution in [1.29, 1.82) is 0 Å². The molecule has 1 fully saturated rings. The van der Waals surface area contributed by atoms with Gasteiger partial charge in [-0.3, -0.25) is 5.43 Å². The summed E-state index contributed by atoms with van der Waals surface area (Å²) in [4.78, 5) is 4.46. The van der Waals surface area contributed by atoms with Crippen molar-refractivity contribution in [3.63, 3.8) is 0 Å². The lowest BCUT2D eigenvalue weighted by Crippen LogP contribution is -2.35. The van der Waals surface area contributed by atoms with Crippen LogP contribution >= 0.6 is 15.9 Å². The van der Waals surface area contributed by atoms with Crippen LogP contribution in [0.3, 0.4) is 0 Å². The zero-order valence-corrected chi connectivity index (χ0v) is 11.0. The molecule has 2 aromatic heterocycles. The Bertz CT molecular complexity index is 518. The van der Waals surface area contributed by atoms with Gasteiger partial charge in [-0.1, -0.05) is 6.42 Å². The number of piperidine rings is 1. The third-order valence-corrected chi connectivity index (χ3v) is 3.55. The number of rotatable bonds is 2. The maximum Gasteiger partial charge on any atom is 0.257 e. The van der Waals surface area contributed by atoms with Gasteiger partial charge in [0.15, 0.2) is 5.65 Å². The number of hydrogen-bond acceptors (Lipinski definition) is 4. The van der Waals surface area contributed by atoms with Gasteiger partial charge in [0.25, 0.3) is 5.95 Å². The SMILES string of the molecule is Brc1cccn2nc(NN3CCCCC3)nc12. The van der Waals surface area contributed by atoms with Gasteiger partial charge in [-0.05, 0) is 40.9 Å². The summed E-state index contributed by atoms with van der Waals surface area (Å²) < 4.78 is 2.73. The Hall–Kier alpha value is -1.14. The van der Waals surface area contributed by atoms with Crippen molar-refractivity contribution in [3.8, 4) is 0 Å². The Morgan fingerprint density at radius 3 is 2.82 bits per heavy atom. The standard InChI is InChI=1S/C11H14BrN5/c12-9-5-4-8-17-10(9)13-11(15-17)14-16-6-2-1-3-7-16/h4-5,8H,1-3,6-7H2,(H,14,15). The van der Waals surface area contributed by atoms with Gasteiger partial charge >= 0.3 is 0 Å². The summed E-state index contributed by atoms with van der Waals surface area (Å²) in [6, 6.07) is 3.91. The normalized spacial score (nSPS) is 17.5. The molecule has 0 saturated carbocycles. The topological polar surface area (TPSA) is 45.5 Å². The number of fused-ring (bicyclic) bond motifs is 1. The van der Waals surface area contributed by atoms with Crippen LogP contribution in [0.4, 0.5) is 5.95 Å². The van der Waals surface area contributed by atoms with E-state index in [9.17, 15) is 0 Å². The number of aromatic nitrogens is 3. The molecule has 1 N–H and O–H groups in total. The van der Waals surface area contributed by atoms with Crippen LogP contribution in [-0.4, -0.2) is 32.7 Å². The molecular formula is C11H14BrN5. The van der Waals surface area contributed by atoms with Crippen molar-refractivity contribution >= 4 is 27.5 Å². The van der Waals surface area contributed by atoms with E-state index < -0.39 is 0 Å². The summed E-state index contributed by atoms with van der Waals surface area (Å²) in [5.74, 6) is 0.666. The molecular weight excluding hydrogens is 282 g/mol. The first-order chi connectivity index (χ1) is 8.33. The van der Waals surface area contributed by atoms with E-state index in [1.54, 1.807) is 4.52 Å². The summed E-state index contributed by atoms with van der Waals surface area (Å²) in [6.07, 6.45) is 5.70. The fourth-order valence-electron chi connectivity index (χ4n) is 2.07. The van der Waals surface area contributed by atoms with Crippen LogP contribution in [0.5, 0.6) is 0 Å². The van der Waals surface area contributed by atoms with E-state index >= 15 is 0 Å². The summed E-state index contributed by atoms with van der Waals surface area (Å²) in [7, 11) is 0.